The highest BCUT2D eigenvalue weighted by atomic mass is 16.4. The topological polar surface area (TPSA) is 91.3 Å². The number of amides is 2. The summed E-state index contributed by atoms with van der Waals surface area (Å²) in [5, 5.41) is 13.5. The summed E-state index contributed by atoms with van der Waals surface area (Å²) in [6, 6.07) is 9.58. The molecule has 6 heteroatoms. The summed E-state index contributed by atoms with van der Waals surface area (Å²) in [7, 11) is 0. The summed E-state index contributed by atoms with van der Waals surface area (Å²) >= 11 is 0. The number of carbonyl (C=O) groups is 2. The molecule has 1 aromatic heterocycles. The number of nitrogens with one attached hydrogen (secondary N) is 2. The molecule has 2 rings (SSSR count). The Bertz CT molecular complexity index is 582. The van der Waals surface area contributed by atoms with Gasteiger partial charge in [-0.05, 0) is 36.4 Å². The maximum Gasteiger partial charge on any atom is 0.409 e. The average molecular weight is 257 g/mol. The van der Waals surface area contributed by atoms with Gasteiger partial charge in [-0.2, -0.15) is 0 Å². The molecule has 0 aliphatic rings. The van der Waals surface area contributed by atoms with Crippen LogP contribution in [0, 0.1) is 0 Å². The second-order valence-corrected chi connectivity index (χ2v) is 3.70. The largest absolute Gasteiger partial charge is 0.465 e. The number of aromatic nitrogens is 1. The van der Waals surface area contributed by atoms with Crippen molar-refractivity contribution in [2.24, 2.45) is 0 Å². The lowest BCUT2D eigenvalue weighted by Gasteiger charge is -2.06. The molecular formula is C13H11N3O3. The van der Waals surface area contributed by atoms with Gasteiger partial charge in [0.25, 0.3) is 5.91 Å². The quantitative estimate of drug-likeness (QED) is 0.787. The molecule has 0 unspecified atom stereocenters. The maximum atomic E-state index is 11.8. The van der Waals surface area contributed by atoms with E-state index >= 15 is 0 Å². The molecule has 6 nitrogen and oxygen atoms in total. The molecule has 2 amide bonds. The second-order valence-electron chi connectivity index (χ2n) is 3.70. The second kappa shape index (κ2) is 5.63. The minimum atomic E-state index is -1.13. The standard InChI is InChI=1S/C13H11N3O3/c17-12(9-5-7-14-8-6-9)15-10-1-3-11(4-2-10)16-13(18)19/h1-8,16H,(H,15,17)(H,18,19). The number of anilines is 2. The van der Waals surface area contributed by atoms with Crippen LogP contribution in [-0.4, -0.2) is 22.1 Å². The highest BCUT2D eigenvalue weighted by Crippen LogP contribution is 2.14. The van der Waals surface area contributed by atoms with Crippen LogP contribution in [0.3, 0.4) is 0 Å². The van der Waals surface area contributed by atoms with Crippen LogP contribution in [0.4, 0.5) is 16.2 Å². The van der Waals surface area contributed by atoms with Gasteiger partial charge in [0.15, 0.2) is 0 Å². The van der Waals surface area contributed by atoms with Crippen LogP contribution in [0.25, 0.3) is 0 Å². The summed E-state index contributed by atoms with van der Waals surface area (Å²) in [5.41, 5.74) is 1.52. The zero-order valence-electron chi connectivity index (χ0n) is 9.83. The van der Waals surface area contributed by atoms with E-state index in [2.05, 4.69) is 15.6 Å². The van der Waals surface area contributed by atoms with Crippen molar-refractivity contribution in [3.63, 3.8) is 0 Å². The SMILES string of the molecule is O=C(O)Nc1ccc(NC(=O)c2ccncc2)cc1. The molecule has 0 radical (unpaired) electrons. The van der Waals surface area contributed by atoms with E-state index < -0.39 is 6.09 Å². The zero-order valence-corrected chi connectivity index (χ0v) is 9.83. The van der Waals surface area contributed by atoms with Crippen molar-refractivity contribution in [1.29, 1.82) is 0 Å². The molecule has 1 heterocycles. The van der Waals surface area contributed by atoms with E-state index in [0.717, 1.165) is 0 Å². The van der Waals surface area contributed by atoms with Gasteiger partial charge in [-0.3, -0.25) is 15.1 Å². The van der Waals surface area contributed by atoms with E-state index in [9.17, 15) is 9.59 Å². The lowest BCUT2D eigenvalue weighted by molar-refractivity contribution is 0.102. The molecule has 0 aliphatic carbocycles. The van der Waals surface area contributed by atoms with Crippen LogP contribution >= 0.6 is 0 Å². The molecule has 0 atom stereocenters. The van der Waals surface area contributed by atoms with E-state index in [4.69, 9.17) is 5.11 Å². The minimum Gasteiger partial charge on any atom is -0.465 e. The predicted molar refractivity (Wildman–Crippen MR) is 70.3 cm³/mol. The Morgan fingerprint density at radius 3 is 1.95 bits per heavy atom. The lowest BCUT2D eigenvalue weighted by atomic mass is 10.2. The molecule has 0 saturated heterocycles. The van der Waals surface area contributed by atoms with E-state index in [0.29, 0.717) is 16.9 Å². The van der Waals surface area contributed by atoms with Crippen LogP contribution in [0.1, 0.15) is 10.4 Å². The van der Waals surface area contributed by atoms with Crippen molar-refractivity contribution in [1.82, 2.24) is 4.98 Å². The van der Waals surface area contributed by atoms with Gasteiger partial charge in [0, 0.05) is 29.3 Å². The van der Waals surface area contributed by atoms with Crippen molar-refractivity contribution in [3.8, 4) is 0 Å². The van der Waals surface area contributed by atoms with Gasteiger partial charge >= 0.3 is 6.09 Å². The normalized spacial score (nSPS) is 9.68. The Morgan fingerprint density at radius 2 is 1.42 bits per heavy atom. The first-order valence-electron chi connectivity index (χ1n) is 5.46. The lowest BCUT2D eigenvalue weighted by Crippen LogP contribution is -2.12. The van der Waals surface area contributed by atoms with Crippen molar-refractivity contribution < 1.29 is 14.7 Å². The molecule has 96 valence electrons. The van der Waals surface area contributed by atoms with Crippen LogP contribution in [0.5, 0.6) is 0 Å². The number of nitrogens with zero attached hydrogens (tertiary/aromatic N) is 1. The Hall–Kier alpha value is -2.89. The molecule has 1 aromatic carbocycles. The van der Waals surface area contributed by atoms with Crippen LogP contribution in [0.15, 0.2) is 48.8 Å². The van der Waals surface area contributed by atoms with Crippen molar-refractivity contribution in [2.45, 2.75) is 0 Å². The highest BCUT2D eigenvalue weighted by Gasteiger charge is 2.05. The van der Waals surface area contributed by atoms with Crippen LogP contribution in [-0.2, 0) is 0 Å². The fourth-order valence-corrected chi connectivity index (χ4v) is 1.47. The van der Waals surface area contributed by atoms with Gasteiger partial charge in [-0.25, -0.2) is 4.79 Å². The minimum absolute atomic E-state index is 0.249. The molecule has 2 aromatic rings. The summed E-state index contributed by atoms with van der Waals surface area (Å²) in [6.07, 6.45) is 1.94. The third-order valence-electron chi connectivity index (χ3n) is 2.34. The van der Waals surface area contributed by atoms with Crippen molar-refractivity contribution in [2.75, 3.05) is 10.6 Å². The maximum absolute atomic E-state index is 11.8. The Labute approximate surface area is 109 Å². The molecule has 0 fully saturated rings. The third-order valence-corrected chi connectivity index (χ3v) is 2.34. The van der Waals surface area contributed by atoms with Crippen LogP contribution in [0.2, 0.25) is 0 Å². The summed E-state index contributed by atoms with van der Waals surface area (Å²) in [6.45, 7) is 0. The zero-order chi connectivity index (χ0) is 13.7. The Kier molecular flexibility index (Phi) is 3.72. The number of carbonyl (C=O) groups excluding carboxylic acids is 1. The third kappa shape index (κ3) is 3.53. The molecule has 0 bridgehead atoms. The number of rotatable bonds is 3. The fraction of sp³-hybridized carbons (Fsp3) is 0. The number of hydrogen-bond acceptors (Lipinski definition) is 3. The number of hydrogen-bond donors (Lipinski definition) is 3. The van der Waals surface area contributed by atoms with Gasteiger partial charge in [-0.15, -0.1) is 0 Å². The van der Waals surface area contributed by atoms with Gasteiger partial charge in [0.05, 0.1) is 0 Å². The van der Waals surface area contributed by atoms with E-state index in [1.165, 1.54) is 12.4 Å². The average Bonchev–Trinajstić information content (AvgIpc) is 2.41. The van der Waals surface area contributed by atoms with Crippen molar-refractivity contribution in [3.05, 3.63) is 54.4 Å². The van der Waals surface area contributed by atoms with E-state index in [1.807, 2.05) is 0 Å². The molecule has 3 N–H and O–H groups in total. The molecule has 0 spiro atoms. The number of carboxylic acid groups (broad SMARTS) is 1. The molecule has 19 heavy (non-hydrogen) atoms. The first-order chi connectivity index (χ1) is 9.15. The first kappa shape index (κ1) is 12.6. The molecular weight excluding hydrogens is 246 g/mol. The Balaban J connectivity index is 2.04. The van der Waals surface area contributed by atoms with Gasteiger partial charge in [0.2, 0.25) is 0 Å². The Morgan fingerprint density at radius 1 is 0.895 bits per heavy atom. The fourth-order valence-electron chi connectivity index (χ4n) is 1.47. The first-order valence-corrected chi connectivity index (χ1v) is 5.46. The van der Waals surface area contributed by atoms with E-state index in [-0.39, 0.29) is 5.91 Å². The highest BCUT2D eigenvalue weighted by molar-refractivity contribution is 6.04. The smallest absolute Gasteiger partial charge is 0.409 e. The van der Waals surface area contributed by atoms with Crippen LogP contribution < -0.4 is 10.6 Å². The summed E-state index contributed by atoms with van der Waals surface area (Å²) in [4.78, 5) is 26.1. The monoisotopic (exact) mass is 257 g/mol. The van der Waals surface area contributed by atoms with Gasteiger partial charge in [0.1, 0.15) is 0 Å². The summed E-state index contributed by atoms with van der Waals surface area (Å²) in [5.74, 6) is -0.249. The number of benzene rings is 1. The summed E-state index contributed by atoms with van der Waals surface area (Å²) < 4.78 is 0. The predicted octanol–water partition coefficient (Wildman–Crippen LogP) is 2.42. The van der Waals surface area contributed by atoms with E-state index in [1.54, 1.807) is 36.4 Å². The number of pyridine rings is 1. The van der Waals surface area contributed by atoms with Gasteiger partial charge in [-0.1, -0.05) is 0 Å². The molecule has 0 aliphatic heterocycles. The van der Waals surface area contributed by atoms with Crippen molar-refractivity contribution >= 4 is 23.4 Å². The van der Waals surface area contributed by atoms with Gasteiger partial charge < -0.3 is 10.4 Å². The molecule has 0 saturated carbocycles.